The Balaban J connectivity index is 1.50. The van der Waals surface area contributed by atoms with E-state index >= 15 is 0 Å². The molecular formula is C29H27ClFN5OS. The molecule has 2 N–H and O–H groups in total. The summed E-state index contributed by atoms with van der Waals surface area (Å²) in [4.78, 5) is 18.3. The molecule has 1 aliphatic rings. The van der Waals surface area contributed by atoms with E-state index in [1.165, 1.54) is 23.4 Å². The number of allylic oxidation sites excluding steroid dienone is 1. The van der Waals surface area contributed by atoms with Crippen LogP contribution in [0.2, 0.25) is 5.02 Å². The molecule has 0 unspecified atom stereocenters. The van der Waals surface area contributed by atoms with E-state index in [1.807, 2.05) is 25.1 Å². The van der Waals surface area contributed by atoms with E-state index in [4.69, 9.17) is 16.7 Å². The van der Waals surface area contributed by atoms with Crippen molar-refractivity contribution in [2.75, 3.05) is 10.6 Å². The smallest absolute Gasteiger partial charge is 0.255 e. The molecule has 0 aliphatic carbocycles. The Morgan fingerprint density at radius 2 is 1.82 bits per heavy atom. The van der Waals surface area contributed by atoms with Gasteiger partial charge in [-0.2, -0.15) is 4.98 Å². The molecule has 0 fully saturated rings. The number of carbonyl (C=O) groups excluding carboxylic acids is 1. The van der Waals surface area contributed by atoms with E-state index in [9.17, 15) is 9.18 Å². The lowest BCUT2D eigenvalue weighted by molar-refractivity contribution is -0.113. The molecule has 1 aliphatic heterocycles. The van der Waals surface area contributed by atoms with Crippen molar-refractivity contribution in [2.24, 2.45) is 0 Å². The van der Waals surface area contributed by atoms with Crippen molar-refractivity contribution in [1.82, 2.24) is 14.8 Å². The Morgan fingerprint density at radius 1 is 1.11 bits per heavy atom. The zero-order chi connectivity index (χ0) is 26.8. The van der Waals surface area contributed by atoms with Crippen molar-refractivity contribution < 1.29 is 9.18 Å². The number of rotatable bonds is 7. The number of nitrogens with one attached hydrogen (secondary N) is 2. The lowest BCUT2D eigenvalue weighted by Gasteiger charge is -2.29. The molecule has 0 bridgehead atoms. The minimum atomic E-state index is -0.505. The topological polar surface area (TPSA) is 71.8 Å². The molecule has 2 heterocycles. The summed E-state index contributed by atoms with van der Waals surface area (Å²) in [6, 6.07) is 21.4. The summed E-state index contributed by atoms with van der Waals surface area (Å²) < 4.78 is 15.9. The molecular weight excluding hydrogens is 521 g/mol. The molecule has 3 aromatic carbocycles. The Bertz CT molecular complexity index is 1500. The van der Waals surface area contributed by atoms with Gasteiger partial charge in [-0.15, -0.1) is 5.10 Å². The summed E-state index contributed by atoms with van der Waals surface area (Å²) in [5.74, 6) is 0.783. The van der Waals surface area contributed by atoms with Gasteiger partial charge in [0.25, 0.3) is 5.91 Å². The van der Waals surface area contributed by atoms with Gasteiger partial charge in [-0.1, -0.05) is 79.7 Å². The van der Waals surface area contributed by atoms with Crippen molar-refractivity contribution in [3.05, 3.63) is 112 Å². The second-order valence-electron chi connectivity index (χ2n) is 9.39. The highest BCUT2D eigenvalue weighted by Gasteiger charge is 2.34. The monoisotopic (exact) mass is 547 g/mol. The third-order valence-corrected chi connectivity index (χ3v) is 7.55. The van der Waals surface area contributed by atoms with Crippen LogP contribution in [-0.2, 0) is 10.5 Å². The fourth-order valence-corrected chi connectivity index (χ4v) is 5.29. The van der Waals surface area contributed by atoms with Gasteiger partial charge >= 0.3 is 0 Å². The van der Waals surface area contributed by atoms with E-state index in [0.29, 0.717) is 50.3 Å². The maximum absolute atomic E-state index is 14.2. The van der Waals surface area contributed by atoms with E-state index in [2.05, 4.69) is 41.6 Å². The Hall–Kier alpha value is -3.62. The van der Waals surface area contributed by atoms with Crippen LogP contribution in [0.25, 0.3) is 0 Å². The molecule has 0 saturated carbocycles. The molecule has 0 spiro atoms. The van der Waals surface area contributed by atoms with E-state index < -0.39 is 6.04 Å². The molecule has 1 amide bonds. The van der Waals surface area contributed by atoms with E-state index in [1.54, 1.807) is 41.1 Å². The maximum Gasteiger partial charge on any atom is 0.255 e. The van der Waals surface area contributed by atoms with Gasteiger partial charge in [0.1, 0.15) is 11.9 Å². The van der Waals surface area contributed by atoms with Crippen molar-refractivity contribution in [2.45, 2.75) is 43.6 Å². The fourth-order valence-electron chi connectivity index (χ4n) is 4.35. The first kappa shape index (κ1) is 26.0. The number of halogens is 2. The summed E-state index contributed by atoms with van der Waals surface area (Å²) in [5.41, 5.74) is 4.54. The number of thioether (sulfide) groups is 1. The number of nitrogens with zero attached hydrogens (tertiary/aromatic N) is 3. The lowest BCUT2D eigenvalue weighted by Crippen LogP contribution is -2.31. The molecule has 5 rings (SSSR count). The van der Waals surface area contributed by atoms with Gasteiger partial charge in [0.2, 0.25) is 11.1 Å². The Kier molecular flexibility index (Phi) is 7.53. The highest BCUT2D eigenvalue weighted by atomic mass is 35.5. The van der Waals surface area contributed by atoms with Gasteiger partial charge in [-0.3, -0.25) is 4.79 Å². The Morgan fingerprint density at radius 3 is 2.50 bits per heavy atom. The first-order valence-electron chi connectivity index (χ1n) is 12.3. The molecule has 0 radical (unpaired) electrons. The second-order valence-corrected chi connectivity index (χ2v) is 10.8. The van der Waals surface area contributed by atoms with Gasteiger partial charge in [-0.05, 0) is 59.9 Å². The normalized spacial score (nSPS) is 14.8. The van der Waals surface area contributed by atoms with Crippen LogP contribution < -0.4 is 10.6 Å². The predicted molar refractivity (Wildman–Crippen MR) is 151 cm³/mol. The van der Waals surface area contributed by atoms with Crippen LogP contribution in [-0.4, -0.2) is 20.7 Å². The van der Waals surface area contributed by atoms with Gasteiger partial charge < -0.3 is 10.6 Å². The number of aromatic nitrogens is 3. The zero-order valence-corrected chi connectivity index (χ0v) is 22.8. The van der Waals surface area contributed by atoms with Gasteiger partial charge in [0.05, 0.1) is 5.57 Å². The zero-order valence-electron chi connectivity index (χ0n) is 21.2. The molecule has 194 valence electrons. The lowest BCUT2D eigenvalue weighted by atomic mass is 9.93. The molecule has 1 atom stereocenters. The number of fused-ring (bicyclic) bond motifs is 1. The van der Waals surface area contributed by atoms with Crippen molar-refractivity contribution in [3.63, 3.8) is 0 Å². The number of hydrogen-bond donors (Lipinski definition) is 2. The molecule has 9 heteroatoms. The van der Waals surface area contributed by atoms with E-state index in [0.717, 1.165) is 5.56 Å². The molecule has 38 heavy (non-hydrogen) atoms. The van der Waals surface area contributed by atoms with E-state index in [-0.39, 0.29) is 11.7 Å². The summed E-state index contributed by atoms with van der Waals surface area (Å²) in [6.07, 6.45) is 0. The van der Waals surface area contributed by atoms with Gasteiger partial charge in [-0.25, -0.2) is 9.07 Å². The first-order valence-corrected chi connectivity index (χ1v) is 13.6. The van der Waals surface area contributed by atoms with Crippen LogP contribution in [0.3, 0.4) is 0 Å². The highest BCUT2D eigenvalue weighted by Crippen LogP contribution is 2.37. The quantitative estimate of drug-likeness (QED) is 0.236. The minimum Gasteiger partial charge on any atom is -0.328 e. The second kappa shape index (κ2) is 11.0. The van der Waals surface area contributed by atoms with Gasteiger partial charge in [0.15, 0.2) is 0 Å². The predicted octanol–water partition coefficient (Wildman–Crippen LogP) is 7.41. The molecule has 0 saturated heterocycles. The third kappa shape index (κ3) is 5.47. The maximum atomic E-state index is 14.2. The van der Waals surface area contributed by atoms with Crippen LogP contribution in [0.1, 0.15) is 49.4 Å². The largest absolute Gasteiger partial charge is 0.328 e. The molecule has 4 aromatic rings. The SMILES string of the molecule is CC1=C(C(=O)Nc2ccc(Cl)cc2)[C@H](c2ccc(C(C)C)cc2)n2nc(SCc3ccccc3F)nc2N1. The number of benzene rings is 3. The minimum absolute atomic E-state index is 0.253. The van der Waals surface area contributed by atoms with Crippen molar-refractivity contribution in [1.29, 1.82) is 0 Å². The molecule has 1 aromatic heterocycles. The number of amides is 1. The average Bonchev–Trinajstić information content (AvgIpc) is 3.31. The van der Waals surface area contributed by atoms with Crippen LogP contribution in [0.4, 0.5) is 16.0 Å². The van der Waals surface area contributed by atoms with Crippen LogP contribution in [0, 0.1) is 5.82 Å². The number of hydrogen-bond acceptors (Lipinski definition) is 5. The van der Waals surface area contributed by atoms with Crippen LogP contribution >= 0.6 is 23.4 Å². The summed E-state index contributed by atoms with van der Waals surface area (Å²) in [5, 5.41) is 12.1. The van der Waals surface area contributed by atoms with Crippen molar-refractivity contribution in [3.8, 4) is 0 Å². The highest BCUT2D eigenvalue weighted by molar-refractivity contribution is 7.98. The van der Waals surface area contributed by atoms with Crippen LogP contribution in [0.15, 0.2) is 89.2 Å². The number of anilines is 2. The number of carbonyl (C=O) groups is 1. The fraction of sp³-hybridized carbons (Fsp3) is 0.207. The Labute approximate surface area is 230 Å². The summed E-state index contributed by atoms with van der Waals surface area (Å²) in [7, 11) is 0. The summed E-state index contributed by atoms with van der Waals surface area (Å²) in [6.45, 7) is 6.14. The van der Waals surface area contributed by atoms with Gasteiger partial charge in [0, 0.05) is 22.2 Å². The third-order valence-electron chi connectivity index (χ3n) is 6.41. The van der Waals surface area contributed by atoms with Crippen LogP contribution in [0.5, 0.6) is 0 Å². The summed E-state index contributed by atoms with van der Waals surface area (Å²) >= 11 is 7.36. The standard InChI is InChI=1S/C29H27ClFN5OS/c1-17(2)19-8-10-20(11-9-19)26-25(27(37)33-23-14-12-22(30)13-15-23)18(3)32-28-34-29(35-36(26)28)38-16-21-6-4-5-7-24(21)31/h4-15,17,26H,16H2,1-3H3,(H,33,37)(H,32,34,35)/t26-/m0/s1. The first-order chi connectivity index (χ1) is 18.3. The van der Waals surface area contributed by atoms with Crippen molar-refractivity contribution >= 4 is 40.9 Å². The average molecular weight is 548 g/mol. The molecule has 6 nitrogen and oxygen atoms in total.